The van der Waals surface area contributed by atoms with Gasteiger partial charge in [-0.25, -0.2) is 4.98 Å². The summed E-state index contributed by atoms with van der Waals surface area (Å²) in [5.74, 6) is 1.80. The summed E-state index contributed by atoms with van der Waals surface area (Å²) < 4.78 is 8.49. The maximum atomic E-state index is 6.16. The molecule has 0 N–H and O–H groups in total. The summed E-state index contributed by atoms with van der Waals surface area (Å²) in [5, 5.41) is 0.714. The van der Waals surface area contributed by atoms with Gasteiger partial charge in [-0.3, -0.25) is 0 Å². The van der Waals surface area contributed by atoms with Crippen LogP contribution in [-0.4, -0.2) is 9.55 Å². The van der Waals surface area contributed by atoms with Gasteiger partial charge in [0.2, 0.25) is 0 Å². The third kappa shape index (κ3) is 5.51. The van der Waals surface area contributed by atoms with E-state index in [-0.39, 0.29) is 6.10 Å². The lowest BCUT2D eigenvalue weighted by molar-refractivity contribution is 0.211. The van der Waals surface area contributed by atoms with E-state index >= 15 is 0 Å². The molecule has 0 aliphatic rings. The largest absolute Gasteiger partial charge is 0.483 e. The van der Waals surface area contributed by atoms with Crippen LogP contribution in [0.15, 0.2) is 48.5 Å². The molecule has 0 aliphatic heterocycles. The second kappa shape index (κ2) is 10.5. The van der Waals surface area contributed by atoms with Gasteiger partial charge in [-0.2, -0.15) is 0 Å². The fourth-order valence-corrected chi connectivity index (χ4v) is 3.76. The fraction of sp³-hybridized carbons (Fsp3) is 0.458. The van der Waals surface area contributed by atoms with Crippen molar-refractivity contribution in [1.29, 1.82) is 0 Å². The van der Waals surface area contributed by atoms with E-state index in [2.05, 4.69) is 36.6 Å². The van der Waals surface area contributed by atoms with Crippen molar-refractivity contribution in [2.45, 2.75) is 71.4 Å². The average molecular weight is 399 g/mol. The summed E-state index contributed by atoms with van der Waals surface area (Å²) in [5.41, 5.74) is 2.22. The molecule has 4 heteroatoms. The Labute approximate surface area is 173 Å². The van der Waals surface area contributed by atoms with Gasteiger partial charge < -0.3 is 9.30 Å². The SMILES string of the molecule is CCCCCCCCCn1c(C(C)Oc2ccc(Cl)cc2)nc2ccccc21. The lowest BCUT2D eigenvalue weighted by atomic mass is 10.1. The third-order valence-electron chi connectivity index (χ3n) is 5.16. The molecule has 1 atom stereocenters. The number of aryl methyl sites for hydroxylation is 1. The Morgan fingerprint density at radius 1 is 0.929 bits per heavy atom. The van der Waals surface area contributed by atoms with Crippen molar-refractivity contribution in [3.63, 3.8) is 0 Å². The summed E-state index contributed by atoms with van der Waals surface area (Å²) in [7, 11) is 0. The zero-order chi connectivity index (χ0) is 19.8. The van der Waals surface area contributed by atoms with E-state index < -0.39 is 0 Å². The van der Waals surface area contributed by atoms with Crippen molar-refractivity contribution in [3.05, 3.63) is 59.4 Å². The summed E-state index contributed by atoms with van der Waals surface area (Å²) in [4.78, 5) is 4.88. The molecule has 0 amide bonds. The number of aromatic nitrogens is 2. The minimum Gasteiger partial charge on any atom is -0.483 e. The van der Waals surface area contributed by atoms with Crippen LogP contribution in [-0.2, 0) is 6.54 Å². The molecule has 150 valence electrons. The van der Waals surface area contributed by atoms with Crippen molar-refractivity contribution in [2.24, 2.45) is 0 Å². The van der Waals surface area contributed by atoms with Gasteiger partial charge in [0.1, 0.15) is 5.75 Å². The molecule has 2 aromatic carbocycles. The lowest BCUT2D eigenvalue weighted by Gasteiger charge is -2.17. The summed E-state index contributed by atoms with van der Waals surface area (Å²) in [6, 6.07) is 15.9. The predicted molar refractivity (Wildman–Crippen MR) is 118 cm³/mol. The highest BCUT2D eigenvalue weighted by Gasteiger charge is 2.18. The van der Waals surface area contributed by atoms with E-state index in [1.807, 2.05) is 30.3 Å². The number of hydrogen-bond acceptors (Lipinski definition) is 2. The quantitative estimate of drug-likeness (QED) is 0.311. The lowest BCUT2D eigenvalue weighted by Crippen LogP contribution is -2.12. The van der Waals surface area contributed by atoms with Gasteiger partial charge in [0.05, 0.1) is 11.0 Å². The molecule has 3 nitrogen and oxygen atoms in total. The Kier molecular flexibility index (Phi) is 7.79. The number of hydrogen-bond donors (Lipinski definition) is 0. The van der Waals surface area contributed by atoms with Crippen LogP contribution >= 0.6 is 11.6 Å². The first-order valence-corrected chi connectivity index (χ1v) is 10.9. The molecular weight excluding hydrogens is 368 g/mol. The molecule has 1 unspecified atom stereocenters. The van der Waals surface area contributed by atoms with Crippen LogP contribution in [0.5, 0.6) is 5.75 Å². The van der Waals surface area contributed by atoms with E-state index in [0.29, 0.717) is 5.02 Å². The summed E-state index contributed by atoms with van der Waals surface area (Å²) in [6.45, 7) is 5.31. The highest BCUT2D eigenvalue weighted by atomic mass is 35.5. The van der Waals surface area contributed by atoms with Crippen LogP contribution in [0.25, 0.3) is 11.0 Å². The number of ether oxygens (including phenoxy) is 1. The molecule has 1 heterocycles. The smallest absolute Gasteiger partial charge is 0.153 e. The summed E-state index contributed by atoms with van der Waals surface area (Å²) in [6.07, 6.45) is 9.00. The zero-order valence-electron chi connectivity index (χ0n) is 17.0. The van der Waals surface area contributed by atoms with Crippen molar-refractivity contribution in [2.75, 3.05) is 0 Å². The maximum absolute atomic E-state index is 6.16. The monoisotopic (exact) mass is 398 g/mol. The molecule has 28 heavy (non-hydrogen) atoms. The van der Waals surface area contributed by atoms with Crippen LogP contribution in [0, 0.1) is 0 Å². The van der Waals surface area contributed by atoms with Crippen molar-refractivity contribution in [1.82, 2.24) is 9.55 Å². The predicted octanol–water partition coefficient (Wildman–Crippen LogP) is 7.58. The number of imidazole rings is 1. The van der Waals surface area contributed by atoms with Crippen molar-refractivity contribution < 1.29 is 4.74 Å². The molecule has 0 bridgehead atoms. The first-order valence-electron chi connectivity index (χ1n) is 10.6. The van der Waals surface area contributed by atoms with Gasteiger partial charge in [0.25, 0.3) is 0 Å². The number of rotatable bonds is 11. The normalized spacial score (nSPS) is 12.4. The van der Waals surface area contributed by atoms with E-state index in [1.165, 1.54) is 50.5 Å². The summed E-state index contributed by atoms with van der Waals surface area (Å²) >= 11 is 5.98. The van der Waals surface area contributed by atoms with E-state index in [0.717, 1.165) is 23.6 Å². The van der Waals surface area contributed by atoms with Gasteiger partial charge in [-0.05, 0) is 49.7 Å². The minimum atomic E-state index is -0.127. The zero-order valence-corrected chi connectivity index (χ0v) is 17.8. The van der Waals surface area contributed by atoms with Crippen molar-refractivity contribution >= 4 is 22.6 Å². The van der Waals surface area contributed by atoms with E-state index in [4.69, 9.17) is 21.3 Å². The van der Waals surface area contributed by atoms with Crippen LogP contribution in [0.1, 0.15) is 70.7 Å². The first kappa shape index (κ1) is 20.7. The molecule has 0 spiro atoms. The third-order valence-corrected chi connectivity index (χ3v) is 5.41. The minimum absolute atomic E-state index is 0.127. The Bertz CT molecular complexity index is 857. The average Bonchev–Trinajstić information content (AvgIpc) is 3.08. The second-order valence-electron chi connectivity index (χ2n) is 7.45. The fourth-order valence-electron chi connectivity index (χ4n) is 3.64. The van der Waals surface area contributed by atoms with Gasteiger partial charge in [0, 0.05) is 11.6 Å². The molecule has 0 aliphatic carbocycles. The molecule has 0 saturated heterocycles. The Hall–Kier alpha value is -2.00. The number of unbranched alkanes of at least 4 members (excludes halogenated alkanes) is 6. The topological polar surface area (TPSA) is 27.1 Å². The maximum Gasteiger partial charge on any atom is 0.153 e. The van der Waals surface area contributed by atoms with Crippen LogP contribution in [0.2, 0.25) is 5.02 Å². The number of nitrogens with zero attached hydrogens (tertiary/aromatic N) is 2. The van der Waals surface area contributed by atoms with Crippen molar-refractivity contribution in [3.8, 4) is 5.75 Å². The number of para-hydroxylation sites is 2. The van der Waals surface area contributed by atoms with Crippen LogP contribution < -0.4 is 4.74 Å². The molecule has 0 saturated carbocycles. The van der Waals surface area contributed by atoms with Gasteiger partial charge in [-0.1, -0.05) is 69.2 Å². The van der Waals surface area contributed by atoms with Gasteiger partial charge in [-0.15, -0.1) is 0 Å². The molecule has 0 radical (unpaired) electrons. The van der Waals surface area contributed by atoms with Gasteiger partial charge >= 0.3 is 0 Å². The Morgan fingerprint density at radius 2 is 1.61 bits per heavy atom. The van der Waals surface area contributed by atoms with Crippen LogP contribution in [0.3, 0.4) is 0 Å². The van der Waals surface area contributed by atoms with E-state index in [1.54, 1.807) is 0 Å². The number of halogens is 1. The standard InChI is InChI=1S/C24H31ClN2O/c1-3-4-5-6-7-8-11-18-27-23-13-10-9-12-22(23)26-24(27)19(2)28-21-16-14-20(25)15-17-21/h9-10,12-17,19H,3-8,11,18H2,1-2H3. The highest BCUT2D eigenvalue weighted by molar-refractivity contribution is 6.30. The second-order valence-corrected chi connectivity index (χ2v) is 7.88. The molecule has 3 aromatic rings. The highest BCUT2D eigenvalue weighted by Crippen LogP contribution is 2.26. The Morgan fingerprint density at radius 3 is 2.36 bits per heavy atom. The van der Waals surface area contributed by atoms with E-state index in [9.17, 15) is 0 Å². The van der Waals surface area contributed by atoms with Gasteiger partial charge in [0.15, 0.2) is 11.9 Å². The van der Waals surface area contributed by atoms with Crippen LogP contribution in [0.4, 0.5) is 0 Å². The molecule has 1 aromatic heterocycles. The number of benzene rings is 2. The Balaban J connectivity index is 1.68. The molecular formula is C24H31ClN2O. The molecule has 3 rings (SSSR count). The molecule has 0 fully saturated rings. The number of fused-ring (bicyclic) bond motifs is 1. The first-order chi connectivity index (χ1) is 13.7.